The number of carbonyl (C=O) groups excluding carboxylic acids is 1. The molecule has 10 nitrogen and oxygen atoms in total. The Morgan fingerprint density at radius 3 is 2.86 bits per heavy atom. The summed E-state index contributed by atoms with van der Waals surface area (Å²) >= 11 is 0. The zero-order chi connectivity index (χ0) is 16.2. The summed E-state index contributed by atoms with van der Waals surface area (Å²) in [5.74, 6) is 0. The van der Waals surface area contributed by atoms with Crippen molar-refractivity contribution in [1.29, 1.82) is 0 Å². The minimum Gasteiger partial charge on any atom is -0.434 e. The first-order valence-electron chi connectivity index (χ1n) is 6.98. The fourth-order valence-electron chi connectivity index (χ4n) is 2.53. The van der Waals surface area contributed by atoms with Crippen LogP contribution in [0.3, 0.4) is 0 Å². The minimum atomic E-state index is -0.877. The van der Waals surface area contributed by atoms with Gasteiger partial charge in [0.2, 0.25) is 0 Å². The van der Waals surface area contributed by atoms with Gasteiger partial charge >= 0.3 is 6.16 Å². The average molecular weight is 321 g/mol. The Hall–Kier alpha value is -1.65. The van der Waals surface area contributed by atoms with Crippen molar-refractivity contribution in [1.82, 2.24) is 0 Å². The van der Waals surface area contributed by atoms with E-state index in [0.29, 0.717) is 12.8 Å². The maximum Gasteiger partial charge on any atom is 0.508 e. The summed E-state index contributed by atoms with van der Waals surface area (Å²) < 4.78 is 20.9. The normalized spacial score (nSPS) is 33.3. The van der Waals surface area contributed by atoms with Crippen molar-refractivity contribution in [3.05, 3.63) is 10.1 Å². The van der Waals surface area contributed by atoms with Crippen LogP contribution in [0.2, 0.25) is 0 Å². The maximum absolute atomic E-state index is 11.6. The van der Waals surface area contributed by atoms with Crippen LogP contribution in [0.5, 0.6) is 0 Å². The molecule has 10 heteroatoms. The van der Waals surface area contributed by atoms with E-state index in [9.17, 15) is 20.0 Å². The van der Waals surface area contributed by atoms with E-state index in [2.05, 4.69) is 4.84 Å². The molecule has 0 amide bonds. The highest BCUT2D eigenvalue weighted by molar-refractivity contribution is 5.60. The van der Waals surface area contributed by atoms with Crippen molar-refractivity contribution in [2.45, 2.75) is 43.7 Å². The van der Waals surface area contributed by atoms with Crippen LogP contribution >= 0.6 is 0 Å². The molecule has 0 aromatic rings. The Balaban J connectivity index is 1.64. The molecule has 4 atom stereocenters. The highest BCUT2D eigenvalue weighted by Gasteiger charge is 2.58. The van der Waals surface area contributed by atoms with Gasteiger partial charge in [-0.2, -0.15) is 0 Å². The van der Waals surface area contributed by atoms with Gasteiger partial charge in [-0.3, -0.25) is 0 Å². The molecule has 126 valence electrons. The van der Waals surface area contributed by atoms with Gasteiger partial charge in [-0.25, -0.2) is 4.79 Å². The Morgan fingerprint density at radius 2 is 2.14 bits per heavy atom. The number of unbranched alkanes of at least 4 members (excludes halogenated alkanes) is 1. The summed E-state index contributed by atoms with van der Waals surface area (Å²) in [6, 6.07) is 0. The van der Waals surface area contributed by atoms with Crippen LogP contribution in [-0.2, 0) is 23.8 Å². The summed E-state index contributed by atoms with van der Waals surface area (Å²) in [5, 5.41) is 18.7. The molecule has 2 saturated heterocycles. The molecule has 0 aromatic heterocycles. The fraction of sp³-hybridized carbons (Fsp3) is 0.917. The quantitative estimate of drug-likeness (QED) is 0.299. The van der Waals surface area contributed by atoms with E-state index in [1.54, 1.807) is 6.92 Å². The van der Waals surface area contributed by atoms with E-state index < -0.39 is 35.2 Å². The van der Waals surface area contributed by atoms with Crippen LogP contribution in [-0.4, -0.2) is 66.7 Å². The summed E-state index contributed by atoms with van der Waals surface area (Å²) in [4.78, 5) is 25.6. The second-order valence-corrected chi connectivity index (χ2v) is 5.29. The van der Waals surface area contributed by atoms with E-state index in [0.717, 1.165) is 0 Å². The zero-order valence-electron chi connectivity index (χ0n) is 12.1. The van der Waals surface area contributed by atoms with Crippen molar-refractivity contribution in [3.8, 4) is 0 Å². The van der Waals surface area contributed by atoms with Gasteiger partial charge in [0.15, 0.2) is 6.10 Å². The maximum atomic E-state index is 11.6. The Labute approximate surface area is 126 Å². The molecular weight excluding hydrogens is 302 g/mol. The molecule has 0 aliphatic carbocycles. The third kappa shape index (κ3) is 3.76. The number of fused-ring (bicyclic) bond motifs is 1. The summed E-state index contributed by atoms with van der Waals surface area (Å²) in [5.41, 5.74) is -0.877. The lowest BCUT2D eigenvalue weighted by molar-refractivity contribution is -0.757. The molecule has 0 radical (unpaired) electrons. The van der Waals surface area contributed by atoms with Crippen molar-refractivity contribution >= 4 is 6.16 Å². The molecule has 22 heavy (non-hydrogen) atoms. The number of nitrogens with zero attached hydrogens (tertiary/aromatic N) is 1. The van der Waals surface area contributed by atoms with Crippen LogP contribution in [0.25, 0.3) is 0 Å². The third-order valence-corrected chi connectivity index (χ3v) is 3.74. The molecule has 0 aromatic carbocycles. The van der Waals surface area contributed by atoms with Crippen LogP contribution in [0.15, 0.2) is 0 Å². The van der Waals surface area contributed by atoms with Gasteiger partial charge in [-0.1, -0.05) is 0 Å². The fourth-order valence-corrected chi connectivity index (χ4v) is 2.53. The highest BCUT2D eigenvalue weighted by atomic mass is 16.9. The Morgan fingerprint density at radius 1 is 1.41 bits per heavy atom. The number of aliphatic hydroxyl groups is 1. The first-order chi connectivity index (χ1) is 10.4. The summed E-state index contributed by atoms with van der Waals surface area (Å²) in [6.07, 6.45) is -1.98. The first-order valence-corrected chi connectivity index (χ1v) is 6.98. The summed E-state index contributed by atoms with van der Waals surface area (Å²) in [6.45, 7) is 1.99. The minimum absolute atomic E-state index is 0.0483. The summed E-state index contributed by atoms with van der Waals surface area (Å²) in [7, 11) is 0. The monoisotopic (exact) mass is 321 g/mol. The molecule has 2 fully saturated rings. The molecule has 0 spiro atoms. The van der Waals surface area contributed by atoms with Crippen molar-refractivity contribution in [2.24, 2.45) is 0 Å². The van der Waals surface area contributed by atoms with E-state index >= 15 is 0 Å². The number of hydrogen-bond donors (Lipinski definition) is 1. The van der Waals surface area contributed by atoms with Gasteiger partial charge in [-0.15, -0.1) is 10.1 Å². The Bertz CT molecular complexity index is 417. The number of ether oxygens (including phenoxy) is 4. The van der Waals surface area contributed by atoms with Gasteiger partial charge in [0.25, 0.3) is 5.09 Å². The van der Waals surface area contributed by atoms with Crippen LogP contribution in [0, 0.1) is 10.1 Å². The van der Waals surface area contributed by atoms with E-state index in [-0.39, 0.29) is 26.4 Å². The largest absolute Gasteiger partial charge is 0.508 e. The molecule has 2 rings (SSSR count). The Kier molecular flexibility index (Phi) is 5.37. The predicted molar refractivity (Wildman–Crippen MR) is 68.5 cm³/mol. The molecule has 2 aliphatic heterocycles. The number of aliphatic hydroxyl groups excluding tert-OH is 1. The molecule has 0 bridgehead atoms. The number of carbonyl (C=O) groups is 1. The van der Waals surface area contributed by atoms with Crippen molar-refractivity contribution in [2.75, 3.05) is 26.4 Å². The third-order valence-electron chi connectivity index (χ3n) is 3.74. The molecule has 2 unspecified atom stereocenters. The lowest BCUT2D eigenvalue weighted by Crippen LogP contribution is -2.46. The SMILES string of the molecule is CC12OCC(O)[C@H]1OC[C@H]2OC(=O)OCCCCO[N+](=O)[O-]. The zero-order valence-corrected chi connectivity index (χ0v) is 12.1. The first kappa shape index (κ1) is 16.7. The van der Waals surface area contributed by atoms with Gasteiger partial charge in [0, 0.05) is 0 Å². The molecular formula is C12H19NO9. The second-order valence-electron chi connectivity index (χ2n) is 5.29. The van der Waals surface area contributed by atoms with Crippen LogP contribution in [0.4, 0.5) is 4.79 Å². The molecule has 0 saturated carbocycles. The average Bonchev–Trinajstić information content (AvgIpc) is 2.92. The van der Waals surface area contributed by atoms with Gasteiger partial charge in [0.05, 0.1) is 26.4 Å². The smallest absolute Gasteiger partial charge is 0.434 e. The predicted octanol–water partition coefficient (Wildman–Crippen LogP) is 0.0453. The topological polar surface area (TPSA) is 127 Å². The van der Waals surface area contributed by atoms with E-state index in [1.807, 2.05) is 0 Å². The molecule has 1 N–H and O–H groups in total. The van der Waals surface area contributed by atoms with E-state index in [4.69, 9.17) is 18.9 Å². The highest BCUT2D eigenvalue weighted by Crippen LogP contribution is 2.38. The van der Waals surface area contributed by atoms with Gasteiger partial charge in [0.1, 0.15) is 17.8 Å². The lowest BCUT2D eigenvalue weighted by Gasteiger charge is -2.27. The van der Waals surface area contributed by atoms with Crippen molar-refractivity contribution in [3.63, 3.8) is 0 Å². The number of hydrogen-bond acceptors (Lipinski definition) is 9. The van der Waals surface area contributed by atoms with Gasteiger partial charge < -0.3 is 28.9 Å². The van der Waals surface area contributed by atoms with Crippen LogP contribution < -0.4 is 0 Å². The number of rotatable bonds is 7. The second kappa shape index (κ2) is 7.07. The van der Waals surface area contributed by atoms with E-state index in [1.165, 1.54) is 0 Å². The molecule has 2 heterocycles. The lowest BCUT2D eigenvalue weighted by atomic mass is 9.95. The van der Waals surface area contributed by atoms with Gasteiger partial charge in [-0.05, 0) is 19.8 Å². The van der Waals surface area contributed by atoms with Crippen molar-refractivity contribution < 1.29 is 38.8 Å². The molecule has 2 aliphatic rings. The standard InChI is InChI=1S/C12H19NO9/c1-12-9(7-19-10(12)8(14)6-20-12)22-11(15)18-4-2-3-5-21-13(16)17/h8-10,14H,2-7H2,1H3/t8?,9-,10-,12?/m1/s1. The van der Waals surface area contributed by atoms with Crippen LogP contribution in [0.1, 0.15) is 19.8 Å².